The summed E-state index contributed by atoms with van der Waals surface area (Å²) < 4.78 is 4.58. The van der Waals surface area contributed by atoms with Crippen LogP contribution in [0, 0.1) is 0 Å². The molecule has 0 atom stereocenters. The van der Waals surface area contributed by atoms with Crippen LogP contribution in [0.15, 0.2) is 15.0 Å². The maximum absolute atomic E-state index is 12.7. The Balaban J connectivity index is 2.09. The van der Waals surface area contributed by atoms with Crippen LogP contribution in [0.4, 0.5) is 0 Å². The molecule has 7 nitrogen and oxygen atoms in total. The second-order valence-electron chi connectivity index (χ2n) is 6.97. The zero-order chi connectivity index (χ0) is 18.8. The predicted molar refractivity (Wildman–Crippen MR) is 105 cm³/mol. The molecule has 0 saturated carbocycles. The van der Waals surface area contributed by atoms with Crippen molar-refractivity contribution in [3.8, 4) is 0 Å². The summed E-state index contributed by atoms with van der Waals surface area (Å²) in [5, 5.41) is 2.10. The van der Waals surface area contributed by atoms with Gasteiger partial charge in [0.05, 0.1) is 18.8 Å². The van der Waals surface area contributed by atoms with Crippen molar-refractivity contribution in [2.45, 2.75) is 46.1 Å². The average molecular weight is 379 g/mol. The van der Waals surface area contributed by atoms with Crippen molar-refractivity contribution < 1.29 is 4.90 Å². The van der Waals surface area contributed by atoms with E-state index in [4.69, 9.17) is 0 Å². The average Bonchev–Trinajstić information content (AvgIpc) is 3.20. The number of nitrogens with zero attached hydrogens (tertiary/aromatic N) is 4. The molecular weight excluding hydrogens is 350 g/mol. The fourth-order valence-corrected chi connectivity index (χ4v) is 4.31. The highest BCUT2D eigenvalue weighted by molar-refractivity contribution is 7.15. The van der Waals surface area contributed by atoms with Crippen molar-refractivity contribution in [2.24, 2.45) is 14.1 Å². The molecule has 0 aliphatic heterocycles. The van der Waals surface area contributed by atoms with E-state index in [-0.39, 0.29) is 11.2 Å². The largest absolute Gasteiger partial charge is 0.332 e. The minimum atomic E-state index is -0.340. The van der Waals surface area contributed by atoms with Gasteiger partial charge in [-0.05, 0) is 12.8 Å². The zero-order valence-electron chi connectivity index (χ0n) is 16.0. The van der Waals surface area contributed by atoms with Crippen LogP contribution in [-0.4, -0.2) is 31.6 Å². The van der Waals surface area contributed by atoms with Gasteiger partial charge in [-0.25, -0.2) is 9.78 Å². The van der Waals surface area contributed by atoms with E-state index in [0.29, 0.717) is 11.2 Å². The topological polar surface area (TPSA) is 65.7 Å². The molecule has 0 aromatic carbocycles. The fourth-order valence-electron chi connectivity index (χ4n) is 3.43. The summed E-state index contributed by atoms with van der Waals surface area (Å²) in [7, 11) is 3.19. The predicted octanol–water partition coefficient (Wildman–Crippen LogP) is 0.931. The van der Waals surface area contributed by atoms with Crippen molar-refractivity contribution in [1.82, 2.24) is 18.5 Å². The van der Waals surface area contributed by atoms with Crippen LogP contribution < -0.4 is 16.1 Å². The Morgan fingerprint density at radius 2 is 1.73 bits per heavy atom. The molecular formula is C18H28N5O2S+. The van der Waals surface area contributed by atoms with Gasteiger partial charge in [0.25, 0.3) is 5.56 Å². The molecule has 0 aliphatic rings. The highest BCUT2D eigenvalue weighted by Gasteiger charge is 2.20. The number of aryl methyl sites for hydroxylation is 1. The first-order chi connectivity index (χ1) is 12.5. The molecule has 0 aliphatic carbocycles. The minimum absolute atomic E-state index is 0.279. The number of hydrogen-bond donors (Lipinski definition) is 1. The molecule has 0 bridgehead atoms. The van der Waals surface area contributed by atoms with E-state index in [2.05, 4.69) is 24.2 Å². The summed E-state index contributed by atoms with van der Waals surface area (Å²) in [4.78, 5) is 31.8. The molecule has 0 spiro atoms. The van der Waals surface area contributed by atoms with Crippen molar-refractivity contribution in [3.05, 3.63) is 31.9 Å². The Morgan fingerprint density at radius 1 is 1.08 bits per heavy atom. The van der Waals surface area contributed by atoms with Gasteiger partial charge in [-0.1, -0.05) is 26.7 Å². The molecule has 3 rings (SSSR count). The number of rotatable bonds is 8. The monoisotopic (exact) mass is 378 g/mol. The second-order valence-corrected chi connectivity index (χ2v) is 7.81. The maximum atomic E-state index is 12.7. The van der Waals surface area contributed by atoms with E-state index >= 15 is 0 Å². The second kappa shape index (κ2) is 7.75. The van der Waals surface area contributed by atoms with E-state index in [1.807, 2.05) is 4.40 Å². The van der Waals surface area contributed by atoms with E-state index in [0.717, 1.165) is 34.9 Å². The quantitative estimate of drug-likeness (QED) is 0.634. The number of quaternary nitrogens is 1. The van der Waals surface area contributed by atoms with Crippen LogP contribution in [0.5, 0.6) is 0 Å². The summed E-state index contributed by atoms with van der Waals surface area (Å²) in [5.41, 5.74) is 1.46. The Kier molecular flexibility index (Phi) is 5.62. The summed E-state index contributed by atoms with van der Waals surface area (Å²) in [6.07, 6.45) is 4.78. The maximum Gasteiger partial charge on any atom is 0.332 e. The number of unbranched alkanes of at least 4 members (excludes halogenated alkanes) is 2. The van der Waals surface area contributed by atoms with Crippen LogP contribution in [-0.2, 0) is 20.6 Å². The smallest absolute Gasteiger partial charge is 0.330 e. The van der Waals surface area contributed by atoms with Crippen LogP contribution in [0.3, 0.4) is 0 Å². The number of fused-ring (bicyclic) bond motifs is 3. The van der Waals surface area contributed by atoms with Crippen molar-refractivity contribution in [3.63, 3.8) is 0 Å². The SMILES string of the molecule is CCCC[NH+](CCCC)Cc1csc2nc3c(c(=O)n(C)c(=O)n3C)n12. The van der Waals surface area contributed by atoms with Gasteiger partial charge >= 0.3 is 5.69 Å². The van der Waals surface area contributed by atoms with Crippen molar-refractivity contribution in [2.75, 3.05) is 13.1 Å². The molecule has 0 unspecified atom stereocenters. The number of hydrogen-bond acceptors (Lipinski definition) is 4. The van der Waals surface area contributed by atoms with Crippen LogP contribution in [0.25, 0.3) is 16.1 Å². The van der Waals surface area contributed by atoms with Crippen molar-refractivity contribution in [1.29, 1.82) is 0 Å². The molecule has 3 heterocycles. The molecule has 3 aromatic rings. The lowest BCUT2D eigenvalue weighted by Gasteiger charge is -2.18. The molecule has 0 fully saturated rings. The van der Waals surface area contributed by atoms with E-state index in [1.54, 1.807) is 7.05 Å². The Hall–Kier alpha value is -1.93. The number of imidazole rings is 1. The molecule has 3 aromatic heterocycles. The number of aromatic nitrogens is 4. The molecule has 0 radical (unpaired) electrons. The summed E-state index contributed by atoms with van der Waals surface area (Å²) >= 11 is 1.53. The van der Waals surface area contributed by atoms with Gasteiger partial charge in [-0.15, -0.1) is 11.3 Å². The lowest BCUT2D eigenvalue weighted by molar-refractivity contribution is -0.914. The molecule has 0 saturated heterocycles. The summed E-state index contributed by atoms with van der Waals surface area (Å²) in [6.45, 7) is 7.58. The highest BCUT2D eigenvalue weighted by Crippen LogP contribution is 2.20. The first-order valence-corrected chi connectivity index (χ1v) is 10.3. The van der Waals surface area contributed by atoms with Crippen LogP contribution >= 0.6 is 11.3 Å². The third-order valence-corrected chi connectivity index (χ3v) is 5.89. The Bertz CT molecular complexity index is 1020. The van der Waals surface area contributed by atoms with Gasteiger partial charge in [0.15, 0.2) is 16.1 Å². The molecule has 0 amide bonds. The Morgan fingerprint density at radius 3 is 2.35 bits per heavy atom. The standard InChI is InChI=1S/C18H27N5O2S/c1-5-7-9-22(10-8-6-2)11-13-12-26-17-19-15-14(23(13)17)16(24)21(4)18(25)20(15)3/h12H,5-11H2,1-4H3/p+1. The summed E-state index contributed by atoms with van der Waals surface area (Å²) in [6, 6.07) is 0. The third-order valence-electron chi connectivity index (χ3n) is 5.01. The highest BCUT2D eigenvalue weighted by atomic mass is 32.1. The van der Waals surface area contributed by atoms with Gasteiger partial charge in [0, 0.05) is 19.5 Å². The van der Waals surface area contributed by atoms with Crippen molar-refractivity contribution >= 4 is 27.5 Å². The van der Waals surface area contributed by atoms with E-state index < -0.39 is 0 Å². The fraction of sp³-hybridized carbons (Fsp3) is 0.611. The van der Waals surface area contributed by atoms with Gasteiger partial charge in [0.1, 0.15) is 6.54 Å². The van der Waals surface area contributed by atoms with Gasteiger partial charge in [0.2, 0.25) is 0 Å². The van der Waals surface area contributed by atoms with E-state index in [1.165, 1.54) is 53.5 Å². The van der Waals surface area contributed by atoms with Crippen LogP contribution in [0.1, 0.15) is 45.2 Å². The van der Waals surface area contributed by atoms with E-state index in [9.17, 15) is 9.59 Å². The van der Waals surface area contributed by atoms with Crippen LogP contribution in [0.2, 0.25) is 0 Å². The van der Waals surface area contributed by atoms with Gasteiger partial charge < -0.3 is 4.90 Å². The lowest BCUT2D eigenvalue weighted by Crippen LogP contribution is -3.10. The molecule has 26 heavy (non-hydrogen) atoms. The van der Waals surface area contributed by atoms with Gasteiger partial charge in [-0.2, -0.15) is 0 Å². The third kappa shape index (κ3) is 3.23. The minimum Gasteiger partial charge on any atom is -0.330 e. The zero-order valence-corrected chi connectivity index (χ0v) is 16.9. The summed E-state index contributed by atoms with van der Waals surface area (Å²) in [5.74, 6) is 0. The number of nitrogens with one attached hydrogen (secondary N) is 1. The molecule has 142 valence electrons. The molecule has 1 N–H and O–H groups in total. The molecule has 8 heteroatoms. The number of thiazole rings is 1. The first-order valence-electron chi connectivity index (χ1n) is 9.37. The van der Waals surface area contributed by atoms with Gasteiger partial charge in [-0.3, -0.25) is 18.3 Å². The Labute approximate surface area is 156 Å². The lowest BCUT2D eigenvalue weighted by atomic mass is 10.2. The normalized spacial score (nSPS) is 12.0. The first kappa shape index (κ1) is 18.8.